The normalized spacial score (nSPS) is 18.5. The minimum absolute atomic E-state index is 0. The van der Waals surface area contributed by atoms with E-state index in [2.05, 4.69) is 41.8 Å². The van der Waals surface area contributed by atoms with Gasteiger partial charge in [0.05, 0.1) is 6.04 Å². The van der Waals surface area contributed by atoms with Gasteiger partial charge in [0.1, 0.15) is 0 Å². The van der Waals surface area contributed by atoms with E-state index >= 15 is 0 Å². The van der Waals surface area contributed by atoms with Gasteiger partial charge in [-0.25, -0.2) is 0 Å². The largest absolute Gasteiger partial charge is 0.354 e. The molecule has 1 aliphatic rings. The molecular formula is C15H23ClN2O. The fourth-order valence-electron chi connectivity index (χ4n) is 2.28. The third-order valence-electron chi connectivity index (χ3n) is 3.46. The lowest BCUT2D eigenvalue weighted by atomic mass is 10.0. The van der Waals surface area contributed by atoms with Crippen LogP contribution in [-0.4, -0.2) is 25.0 Å². The van der Waals surface area contributed by atoms with E-state index < -0.39 is 0 Å². The summed E-state index contributed by atoms with van der Waals surface area (Å²) < 4.78 is 0. The maximum Gasteiger partial charge on any atom is 0.237 e. The maximum atomic E-state index is 11.9. The predicted octanol–water partition coefficient (Wildman–Crippen LogP) is 2.22. The molecule has 1 unspecified atom stereocenters. The SMILES string of the molecule is Cc1ccc(CCNC(=O)C2CCCCN2)cc1.Cl. The minimum Gasteiger partial charge on any atom is -0.354 e. The topological polar surface area (TPSA) is 41.1 Å². The molecule has 1 aromatic carbocycles. The highest BCUT2D eigenvalue weighted by atomic mass is 35.5. The Morgan fingerprint density at radius 1 is 1.32 bits per heavy atom. The molecular weight excluding hydrogens is 260 g/mol. The third-order valence-corrected chi connectivity index (χ3v) is 3.46. The summed E-state index contributed by atoms with van der Waals surface area (Å²) in [6.45, 7) is 3.77. The van der Waals surface area contributed by atoms with E-state index in [0.717, 1.165) is 32.4 Å². The summed E-state index contributed by atoms with van der Waals surface area (Å²) in [5.74, 6) is 0.154. The van der Waals surface area contributed by atoms with E-state index in [0.29, 0.717) is 0 Å². The Morgan fingerprint density at radius 3 is 2.68 bits per heavy atom. The second-order valence-corrected chi connectivity index (χ2v) is 5.03. The number of benzene rings is 1. The first kappa shape index (κ1) is 16.0. The van der Waals surface area contributed by atoms with Gasteiger partial charge < -0.3 is 10.6 Å². The summed E-state index contributed by atoms with van der Waals surface area (Å²) in [7, 11) is 0. The number of aryl methyl sites for hydroxylation is 1. The summed E-state index contributed by atoms with van der Waals surface area (Å²) in [4.78, 5) is 11.9. The number of hydrogen-bond acceptors (Lipinski definition) is 2. The van der Waals surface area contributed by atoms with Crippen molar-refractivity contribution in [2.75, 3.05) is 13.1 Å². The Kier molecular flexibility index (Phi) is 6.89. The van der Waals surface area contributed by atoms with Crippen LogP contribution in [-0.2, 0) is 11.2 Å². The van der Waals surface area contributed by atoms with E-state index in [1.165, 1.54) is 17.5 Å². The van der Waals surface area contributed by atoms with Crippen molar-refractivity contribution in [3.63, 3.8) is 0 Å². The first-order valence-electron chi connectivity index (χ1n) is 6.82. The van der Waals surface area contributed by atoms with Gasteiger partial charge in [-0.2, -0.15) is 0 Å². The smallest absolute Gasteiger partial charge is 0.237 e. The van der Waals surface area contributed by atoms with E-state index in [4.69, 9.17) is 0 Å². The van der Waals surface area contributed by atoms with E-state index in [1.54, 1.807) is 0 Å². The highest BCUT2D eigenvalue weighted by molar-refractivity contribution is 5.85. The van der Waals surface area contributed by atoms with Gasteiger partial charge in [0.15, 0.2) is 0 Å². The lowest BCUT2D eigenvalue weighted by Gasteiger charge is -2.22. The molecule has 0 saturated carbocycles. The summed E-state index contributed by atoms with van der Waals surface area (Å²) in [5, 5.41) is 6.28. The molecule has 0 bridgehead atoms. The molecule has 0 spiro atoms. The van der Waals surface area contributed by atoms with Crippen molar-refractivity contribution in [2.45, 2.75) is 38.6 Å². The molecule has 0 aliphatic carbocycles. The number of halogens is 1. The van der Waals surface area contributed by atoms with Gasteiger partial charge in [-0.1, -0.05) is 36.2 Å². The van der Waals surface area contributed by atoms with Crippen LogP contribution in [0.15, 0.2) is 24.3 Å². The van der Waals surface area contributed by atoms with Crippen LogP contribution in [0, 0.1) is 6.92 Å². The van der Waals surface area contributed by atoms with E-state index in [9.17, 15) is 4.79 Å². The number of piperidine rings is 1. The number of rotatable bonds is 4. The van der Waals surface area contributed by atoms with Gasteiger partial charge in [0.25, 0.3) is 0 Å². The molecule has 1 heterocycles. The fourth-order valence-corrected chi connectivity index (χ4v) is 2.28. The molecule has 1 aromatic rings. The first-order chi connectivity index (χ1) is 8.75. The zero-order valence-electron chi connectivity index (χ0n) is 11.4. The number of carbonyl (C=O) groups excluding carboxylic acids is 1. The van der Waals surface area contributed by atoms with Gasteiger partial charge >= 0.3 is 0 Å². The summed E-state index contributed by atoms with van der Waals surface area (Å²) >= 11 is 0. The summed E-state index contributed by atoms with van der Waals surface area (Å²) in [6, 6.07) is 8.50. The Bertz CT molecular complexity index is 386. The van der Waals surface area contributed by atoms with Crippen molar-refractivity contribution in [1.82, 2.24) is 10.6 Å². The second-order valence-electron chi connectivity index (χ2n) is 5.03. The highest BCUT2D eigenvalue weighted by Gasteiger charge is 2.19. The van der Waals surface area contributed by atoms with Crippen molar-refractivity contribution in [3.05, 3.63) is 35.4 Å². The van der Waals surface area contributed by atoms with Crippen LogP contribution in [0.1, 0.15) is 30.4 Å². The predicted molar refractivity (Wildman–Crippen MR) is 80.8 cm³/mol. The molecule has 1 aliphatic heterocycles. The van der Waals surface area contributed by atoms with Crippen LogP contribution in [0.2, 0.25) is 0 Å². The van der Waals surface area contributed by atoms with Crippen molar-refractivity contribution in [3.8, 4) is 0 Å². The standard InChI is InChI=1S/C15H22N2O.ClH/c1-12-5-7-13(8-6-12)9-11-17-15(18)14-4-2-3-10-16-14;/h5-8,14,16H,2-4,9-11H2,1H3,(H,17,18);1H. The molecule has 3 nitrogen and oxygen atoms in total. The maximum absolute atomic E-state index is 11.9. The second kappa shape index (κ2) is 8.18. The van der Waals surface area contributed by atoms with Crippen LogP contribution in [0.5, 0.6) is 0 Å². The minimum atomic E-state index is 0. The van der Waals surface area contributed by atoms with E-state index in [1.807, 2.05) is 0 Å². The number of carbonyl (C=O) groups is 1. The Hall–Kier alpha value is -1.06. The van der Waals surface area contributed by atoms with Crippen LogP contribution < -0.4 is 10.6 Å². The van der Waals surface area contributed by atoms with Crippen LogP contribution in [0.3, 0.4) is 0 Å². The van der Waals surface area contributed by atoms with Gasteiger partial charge in [0.2, 0.25) is 5.91 Å². The number of nitrogens with one attached hydrogen (secondary N) is 2. The summed E-state index contributed by atoms with van der Waals surface area (Å²) in [6.07, 6.45) is 4.21. The molecule has 0 radical (unpaired) electrons. The van der Waals surface area contributed by atoms with Gasteiger partial charge in [-0.15, -0.1) is 12.4 Å². The molecule has 4 heteroatoms. The van der Waals surface area contributed by atoms with E-state index in [-0.39, 0.29) is 24.4 Å². The van der Waals surface area contributed by atoms with Gasteiger partial charge in [-0.3, -0.25) is 4.79 Å². The fraction of sp³-hybridized carbons (Fsp3) is 0.533. The molecule has 19 heavy (non-hydrogen) atoms. The molecule has 0 aromatic heterocycles. The van der Waals surface area contributed by atoms with Crippen molar-refractivity contribution >= 4 is 18.3 Å². The quantitative estimate of drug-likeness (QED) is 0.889. The molecule has 1 saturated heterocycles. The first-order valence-corrected chi connectivity index (χ1v) is 6.82. The Morgan fingerprint density at radius 2 is 2.05 bits per heavy atom. The van der Waals surface area contributed by atoms with Crippen molar-refractivity contribution in [1.29, 1.82) is 0 Å². The van der Waals surface area contributed by atoms with Crippen LogP contribution >= 0.6 is 12.4 Å². The highest BCUT2D eigenvalue weighted by Crippen LogP contribution is 2.07. The number of hydrogen-bond donors (Lipinski definition) is 2. The van der Waals surface area contributed by atoms with Crippen molar-refractivity contribution in [2.24, 2.45) is 0 Å². The summed E-state index contributed by atoms with van der Waals surface area (Å²) in [5.41, 5.74) is 2.55. The average molecular weight is 283 g/mol. The molecule has 1 fully saturated rings. The van der Waals surface area contributed by atoms with Crippen LogP contribution in [0.4, 0.5) is 0 Å². The third kappa shape index (κ3) is 5.21. The lowest BCUT2D eigenvalue weighted by molar-refractivity contribution is -0.123. The molecule has 1 amide bonds. The molecule has 2 rings (SSSR count). The number of amides is 1. The van der Waals surface area contributed by atoms with Gasteiger partial charge in [-0.05, 0) is 38.3 Å². The monoisotopic (exact) mass is 282 g/mol. The Labute approximate surface area is 121 Å². The molecule has 2 N–H and O–H groups in total. The Balaban J connectivity index is 0.00000180. The van der Waals surface area contributed by atoms with Gasteiger partial charge in [0, 0.05) is 6.54 Å². The zero-order chi connectivity index (χ0) is 12.8. The molecule has 106 valence electrons. The lowest BCUT2D eigenvalue weighted by Crippen LogP contribution is -2.47. The molecule has 1 atom stereocenters. The zero-order valence-corrected chi connectivity index (χ0v) is 12.3. The average Bonchev–Trinajstić information content (AvgIpc) is 2.42. The van der Waals surface area contributed by atoms with Crippen molar-refractivity contribution < 1.29 is 4.79 Å². The van der Waals surface area contributed by atoms with Crippen LogP contribution in [0.25, 0.3) is 0 Å².